The molecule has 4 heteroatoms. The summed E-state index contributed by atoms with van der Waals surface area (Å²) in [4.78, 5) is 2.44. The Morgan fingerprint density at radius 1 is 1.28 bits per heavy atom. The summed E-state index contributed by atoms with van der Waals surface area (Å²) in [6.07, 6.45) is 0. The summed E-state index contributed by atoms with van der Waals surface area (Å²) in [6, 6.07) is 4.37. The van der Waals surface area contributed by atoms with Crippen LogP contribution in [-0.4, -0.2) is 44.3 Å². The fraction of sp³-hybridized carbons (Fsp3) is 0.571. The third-order valence-corrected chi connectivity index (χ3v) is 3.89. The van der Waals surface area contributed by atoms with Crippen molar-refractivity contribution in [1.29, 1.82) is 0 Å². The molecule has 1 heterocycles. The summed E-state index contributed by atoms with van der Waals surface area (Å²) >= 11 is 3.63. The van der Waals surface area contributed by atoms with Gasteiger partial charge in [-0.2, -0.15) is 0 Å². The molecule has 1 saturated heterocycles. The second-order valence-electron chi connectivity index (χ2n) is 4.82. The molecule has 100 valence electrons. The molecular formula is C14H21BrN2O. The van der Waals surface area contributed by atoms with Crippen LogP contribution < -0.4 is 5.32 Å². The second-order valence-corrected chi connectivity index (χ2v) is 5.67. The minimum Gasteiger partial charge on any atom is -0.383 e. The van der Waals surface area contributed by atoms with Crippen molar-refractivity contribution in [2.24, 2.45) is 0 Å². The van der Waals surface area contributed by atoms with E-state index in [0.717, 1.165) is 43.9 Å². The first-order valence-electron chi connectivity index (χ1n) is 6.47. The summed E-state index contributed by atoms with van der Waals surface area (Å²) in [6.45, 7) is 10.2. The van der Waals surface area contributed by atoms with E-state index in [2.05, 4.69) is 52.1 Å². The van der Waals surface area contributed by atoms with Crippen LogP contribution in [0.4, 0.5) is 5.69 Å². The zero-order chi connectivity index (χ0) is 13.0. The van der Waals surface area contributed by atoms with Gasteiger partial charge in [-0.3, -0.25) is 4.90 Å². The van der Waals surface area contributed by atoms with Crippen molar-refractivity contribution in [3.63, 3.8) is 0 Å². The van der Waals surface area contributed by atoms with Crippen molar-refractivity contribution < 1.29 is 4.74 Å². The maximum Gasteiger partial charge on any atom is 0.0594 e. The molecule has 1 aromatic rings. The third kappa shape index (κ3) is 3.70. The zero-order valence-electron chi connectivity index (χ0n) is 11.1. The molecule has 1 N–H and O–H groups in total. The molecular weight excluding hydrogens is 292 g/mol. The maximum absolute atomic E-state index is 5.35. The van der Waals surface area contributed by atoms with E-state index in [0.29, 0.717) is 0 Å². The zero-order valence-corrected chi connectivity index (χ0v) is 12.7. The van der Waals surface area contributed by atoms with Gasteiger partial charge < -0.3 is 10.1 Å². The average molecular weight is 313 g/mol. The highest BCUT2D eigenvalue weighted by atomic mass is 79.9. The number of rotatable bonds is 4. The van der Waals surface area contributed by atoms with Gasteiger partial charge in [0, 0.05) is 30.7 Å². The second kappa shape index (κ2) is 6.55. The van der Waals surface area contributed by atoms with E-state index >= 15 is 0 Å². The van der Waals surface area contributed by atoms with Crippen LogP contribution in [0.3, 0.4) is 0 Å². The molecule has 0 spiro atoms. The first kappa shape index (κ1) is 13.8. The summed E-state index contributed by atoms with van der Waals surface area (Å²) in [5.41, 5.74) is 3.80. The van der Waals surface area contributed by atoms with Crippen LogP contribution in [0, 0.1) is 13.8 Å². The fourth-order valence-corrected chi connectivity index (χ4v) is 3.12. The minimum atomic E-state index is 0.868. The smallest absolute Gasteiger partial charge is 0.0594 e. The Hall–Kier alpha value is -0.580. The molecule has 0 radical (unpaired) electrons. The van der Waals surface area contributed by atoms with Crippen molar-refractivity contribution in [1.82, 2.24) is 4.90 Å². The Bertz CT molecular complexity index is 380. The largest absolute Gasteiger partial charge is 0.383 e. The van der Waals surface area contributed by atoms with E-state index in [-0.39, 0.29) is 0 Å². The Kier molecular flexibility index (Phi) is 5.03. The Morgan fingerprint density at radius 3 is 2.67 bits per heavy atom. The lowest BCUT2D eigenvalue weighted by Gasteiger charge is -2.27. The highest BCUT2D eigenvalue weighted by Gasteiger charge is 2.10. The standard InChI is InChI=1S/C14H21BrN2O/c1-11-9-12(2)14(13(15)10-11)16-3-4-17-5-7-18-8-6-17/h9-10,16H,3-8H2,1-2H3. The lowest BCUT2D eigenvalue weighted by molar-refractivity contribution is 0.0398. The van der Waals surface area contributed by atoms with Crippen LogP contribution in [0.1, 0.15) is 11.1 Å². The van der Waals surface area contributed by atoms with Crippen LogP contribution in [0.15, 0.2) is 16.6 Å². The molecule has 1 aromatic carbocycles. The number of benzene rings is 1. The van der Waals surface area contributed by atoms with E-state index in [1.54, 1.807) is 0 Å². The van der Waals surface area contributed by atoms with Crippen LogP contribution >= 0.6 is 15.9 Å². The lowest BCUT2D eigenvalue weighted by Crippen LogP contribution is -2.39. The number of aryl methyl sites for hydroxylation is 2. The monoisotopic (exact) mass is 312 g/mol. The molecule has 0 aliphatic carbocycles. The van der Waals surface area contributed by atoms with Gasteiger partial charge in [-0.05, 0) is 47.0 Å². The number of morpholine rings is 1. The van der Waals surface area contributed by atoms with Gasteiger partial charge in [-0.1, -0.05) is 6.07 Å². The number of anilines is 1. The molecule has 1 aliphatic rings. The van der Waals surface area contributed by atoms with E-state index < -0.39 is 0 Å². The Labute approximate surface area is 118 Å². The molecule has 0 aromatic heterocycles. The van der Waals surface area contributed by atoms with Gasteiger partial charge in [-0.15, -0.1) is 0 Å². The van der Waals surface area contributed by atoms with E-state index in [4.69, 9.17) is 4.74 Å². The normalized spacial score (nSPS) is 16.8. The minimum absolute atomic E-state index is 0.868. The Balaban J connectivity index is 1.86. The predicted octanol–water partition coefficient (Wildman–Crippen LogP) is 2.81. The number of hydrogen-bond donors (Lipinski definition) is 1. The summed E-state index contributed by atoms with van der Waals surface area (Å²) in [7, 11) is 0. The number of nitrogens with zero attached hydrogens (tertiary/aromatic N) is 1. The summed E-state index contributed by atoms with van der Waals surface area (Å²) in [5.74, 6) is 0. The molecule has 1 aliphatic heterocycles. The molecule has 3 nitrogen and oxygen atoms in total. The van der Waals surface area contributed by atoms with E-state index in [9.17, 15) is 0 Å². The van der Waals surface area contributed by atoms with Crippen molar-refractivity contribution in [2.75, 3.05) is 44.7 Å². The molecule has 0 bridgehead atoms. The lowest BCUT2D eigenvalue weighted by atomic mass is 10.1. The molecule has 0 saturated carbocycles. The van der Waals surface area contributed by atoms with E-state index in [1.165, 1.54) is 16.8 Å². The summed E-state index contributed by atoms with van der Waals surface area (Å²) < 4.78 is 6.50. The first-order valence-corrected chi connectivity index (χ1v) is 7.27. The fourth-order valence-electron chi connectivity index (χ4n) is 2.30. The first-order chi connectivity index (χ1) is 8.66. The molecule has 2 rings (SSSR count). The van der Waals surface area contributed by atoms with E-state index in [1.807, 2.05) is 0 Å². The molecule has 0 amide bonds. The van der Waals surface area contributed by atoms with Gasteiger partial charge in [0.05, 0.1) is 18.9 Å². The third-order valence-electron chi connectivity index (χ3n) is 3.27. The number of halogens is 1. The quantitative estimate of drug-likeness (QED) is 0.925. The Morgan fingerprint density at radius 2 is 2.00 bits per heavy atom. The molecule has 0 unspecified atom stereocenters. The number of hydrogen-bond acceptors (Lipinski definition) is 3. The molecule has 18 heavy (non-hydrogen) atoms. The van der Waals surface area contributed by atoms with Crippen molar-refractivity contribution >= 4 is 21.6 Å². The maximum atomic E-state index is 5.35. The van der Waals surface area contributed by atoms with Crippen LogP contribution in [0.25, 0.3) is 0 Å². The average Bonchev–Trinajstić information content (AvgIpc) is 2.34. The molecule has 1 fully saturated rings. The van der Waals surface area contributed by atoms with Crippen molar-refractivity contribution in [3.05, 3.63) is 27.7 Å². The van der Waals surface area contributed by atoms with Gasteiger partial charge in [0.1, 0.15) is 0 Å². The van der Waals surface area contributed by atoms with Gasteiger partial charge in [-0.25, -0.2) is 0 Å². The highest BCUT2D eigenvalue weighted by molar-refractivity contribution is 9.10. The topological polar surface area (TPSA) is 24.5 Å². The number of ether oxygens (including phenoxy) is 1. The molecule has 0 atom stereocenters. The number of nitrogens with one attached hydrogen (secondary N) is 1. The van der Waals surface area contributed by atoms with Crippen LogP contribution in [0.5, 0.6) is 0 Å². The predicted molar refractivity (Wildman–Crippen MR) is 79.4 cm³/mol. The van der Waals surface area contributed by atoms with Crippen molar-refractivity contribution in [3.8, 4) is 0 Å². The van der Waals surface area contributed by atoms with Gasteiger partial charge in [0.15, 0.2) is 0 Å². The SMILES string of the molecule is Cc1cc(C)c(NCCN2CCOCC2)c(Br)c1. The highest BCUT2D eigenvalue weighted by Crippen LogP contribution is 2.27. The van der Waals surface area contributed by atoms with Crippen LogP contribution in [-0.2, 0) is 4.74 Å². The van der Waals surface area contributed by atoms with Gasteiger partial charge in [0.25, 0.3) is 0 Å². The van der Waals surface area contributed by atoms with Crippen LogP contribution in [0.2, 0.25) is 0 Å². The summed E-state index contributed by atoms with van der Waals surface area (Å²) in [5, 5.41) is 3.53. The van der Waals surface area contributed by atoms with Crippen molar-refractivity contribution in [2.45, 2.75) is 13.8 Å². The van der Waals surface area contributed by atoms with Gasteiger partial charge >= 0.3 is 0 Å². The van der Waals surface area contributed by atoms with Gasteiger partial charge in [0.2, 0.25) is 0 Å².